The highest BCUT2D eigenvalue weighted by atomic mass is 35.5. The minimum absolute atomic E-state index is 0.0347. The van der Waals surface area contributed by atoms with E-state index in [0.717, 1.165) is 16.8 Å². The zero-order valence-corrected chi connectivity index (χ0v) is 19.4. The molecule has 3 N–H and O–H groups in total. The molecule has 3 rings (SSSR count). The van der Waals surface area contributed by atoms with Gasteiger partial charge in [0.25, 0.3) is 25.8 Å². The Kier molecular flexibility index (Phi) is 6.34. The Morgan fingerprint density at radius 1 is 0.906 bits per heavy atom. The summed E-state index contributed by atoms with van der Waals surface area (Å²) in [6.07, 6.45) is 0. The lowest BCUT2D eigenvalue weighted by Crippen LogP contribution is -2.15. The van der Waals surface area contributed by atoms with Crippen LogP contribution in [0.25, 0.3) is 5.69 Å². The Bertz CT molecular complexity index is 1540. The molecule has 2 aromatic carbocycles. The van der Waals surface area contributed by atoms with Crippen LogP contribution in [0.15, 0.2) is 55.1 Å². The third-order valence-corrected chi connectivity index (χ3v) is 6.72. The number of halogens is 2. The van der Waals surface area contributed by atoms with Crippen LogP contribution < -0.4 is 5.56 Å². The summed E-state index contributed by atoms with van der Waals surface area (Å²) >= 11 is 12.0. The Balaban J connectivity index is 2.12. The van der Waals surface area contributed by atoms with Gasteiger partial charge in [-0.25, -0.2) is 4.68 Å². The number of nitrogens with one attached hydrogen (secondary N) is 1. The van der Waals surface area contributed by atoms with Gasteiger partial charge < -0.3 is 0 Å². The highest BCUT2D eigenvalue weighted by Gasteiger charge is 2.21. The van der Waals surface area contributed by atoms with Crippen LogP contribution in [-0.2, 0) is 20.2 Å². The standard InChI is InChI=1S/C17H14Cl2N4O7S2/c1-8-3-4-12(15(5-8)32(28,29)30)20-21-16-9(2)22-23(17(16)24)13-6-11(19)14(7-10(13)18)31(25,26)27/h3-7,22H,1-2H3,(H,25,26,27)(H,28,29,30). The van der Waals surface area contributed by atoms with Gasteiger partial charge in [0.05, 0.1) is 21.4 Å². The first kappa shape index (κ1) is 24.1. The van der Waals surface area contributed by atoms with Gasteiger partial charge in [-0.2, -0.15) is 16.8 Å². The maximum atomic E-state index is 12.8. The average Bonchev–Trinajstić information content (AvgIpc) is 2.94. The van der Waals surface area contributed by atoms with Gasteiger partial charge in [-0.05, 0) is 43.7 Å². The molecule has 0 saturated carbocycles. The molecule has 0 aliphatic heterocycles. The van der Waals surface area contributed by atoms with Gasteiger partial charge in [-0.1, -0.05) is 29.3 Å². The molecule has 15 heteroatoms. The molecule has 11 nitrogen and oxygen atoms in total. The van der Waals surface area contributed by atoms with E-state index in [2.05, 4.69) is 15.3 Å². The van der Waals surface area contributed by atoms with Crippen molar-refractivity contribution in [3.63, 3.8) is 0 Å². The van der Waals surface area contributed by atoms with E-state index >= 15 is 0 Å². The van der Waals surface area contributed by atoms with E-state index in [4.69, 9.17) is 23.2 Å². The molecule has 1 aromatic heterocycles. The number of aromatic amines is 1. The fraction of sp³-hybridized carbons (Fsp3) is 0.118. The third kappa shape index (κ3) is 4.77. The normalized spacial score (nSPS) is 12.6. The molecule has 0 unspecified atom stereocenters. The van der Waals surface area contributed by atoms with Crippen molar-refractivity contribution >= 4 is 54.8 Å². The Morgan fingerprint density at radius 3 is 2.12 bits per heavy atom. The summed E-state index contributed by atoms with van der Waals surface area (Å²) in [6.45, 7) is 3.10. The molecule has 1 heterocycles. The molecule has 0 fully saturated rings. The molecule has 0 atom stereocenters. The summed E-state index contributed by atoms with van der Waals surface area (Å²) in [6, 6.07) is 5.99. The van der Waals surface area contributed by atoms with E-state index in [1.807, 2.05) is 0 Å². The maximum absolute atomic E-state index is 12.8. The van der Waals surface area contributed by atoms with Crippen molar-refractivity contribution in [2.45, 2.75) is 23.6 Å². The highest BCUT2D eigenvalue weighted by molar-refractivity contribution is 7.86. The van der Waals surface area contributed by atoms with Crippen LogP contribution in [-0.4, -0.2) is 35.7 Å². The highest BCUT2D eigenvalue weighted by Crippen LogP contribution is 2.31. The van der Waals surface area contributed by atoms with Crippen LogP contribution >= 0.6 is 23.2 Å². The number of rotatable bonds is 5. The third-order valence-electron chi connectivity index (χ3n) is 4.21. The molecule has 0 spiro atoms. The van der Waals surface area contributed by atoms with Crippen molar-refractivity contribution in [1.29, 1.82) is 0 Å². The van der Waals surface area contributed by atoms with Crippen LogP contribution in [0.2, 0.25) is 10.0 Å². The van der Waals surface area contributed by atoms with Crippen LogP contribution in [0.1, 0.15) is 11.3 Å². The zero-order valence-electron chi connectivity index (χ0n) is 16.2. The second kappa shape index (κ2) is 8.42. The average molecular weight is 521 g/mol. The van der Waals surface area contributed by atoms with Crippen molar-refractivity contribution in [2.75, 3.05) is 0 Å². The predicted octanol–water partition coefficient (Wildman–Crippen LogP) is 4.00. The molecule has 32 heavy (non-hydrogen) atoms. The van der Waals surface area contributed by atoms with E-state index in [-0.39, 0.29) is 32.8 Å². The number of benzene rings is 2. The van der Waals surface area contributed by atoms with Crippen LogP contribution in [0.3, 0.4) is 0 Å². The summed E-state index contributed by atoms with van der Waals surface area (Å²) in [7, 11) is -9.24. The first-order valence-electron chi connectivity index (χ1n) is 8.48. The minimum atomic E-state index is -4.64. The van der Waals surface area contributed by atoms with E-state index < -0.39 is 35.6 Å². The van der Waals surface area contributed by atoms with Gasteiger partial charge in [0.1, 0.15) is 15.5 Å². The number of H-pyrrole nitrogens is 1. The molecule has 3 aromatic rings. The zero-order chi connectivity index (χ0) is 24.0. The van der Waals surface area contributed by atoms with E-state index in [1.54, 1.807) is 13.0 Å². The second-order valence-electron chi connectivity index (χ2n) is 6.58. The fourth-order valence-corrected chi connectivity index (χ4v) is 4.77. The monoisotopic (exact) mass is 520 g/mol. The van der Waals surface area contributed by atoms with Gasteiger partial charge in [0.15, 0.2) is 5.69 Å². The lowest BCUT2D eigenvalue weighted by Gasteiger charge is -2.08. The van der Waals surface area contributed by atoms with Gasteiger partial charge in [-0.15, -0.1) is 10.2 Å². The quantitative estimate of drug-likeness (QED) is 0.336. The number of hydrogen-bond donors (Lipinski definition) is 3. The summed E-state index contributed by atoms with van der Waals surface area (Å²) in [4.78, 5) is 11.7. The molecule has 0 aliphatic rings. The van der Waals surface area contributed by atoms with Gasteiger partial charge in [0, 0.05) is 0 Å². The fourth-order valence-electron chi connectivity index (χ4n) is 2.73. The predicted molar refractivity (Wildman–Crippen MR) is 116 cm³/mol. The Labute approximate surface area is 191 Å². The molecule has 0 aliphatic carbocycles. The van der Waals surface area contributed by atoms with E-state index in [0.29, 0.717) is 5.56 Å². The topological polar surface area (TPSA) is 171 Å². The van der Waals surface area contributed by atoms with Gasteiger partial charge in [-0.3, -0.25) is 19.0 Å². The summed E-state index contributed by atoms with van der Waals surface area (Å²) in [5.74, 6) is 0. The molecule has 0 amide bonds. The van der Waals surface area contributed by atoms with Gasteiger partial charge >= 0.3 is 0 Å². The van der Waals surface area contributed by atoms with Gasteiger partial charge in [0.2, 0.25) is 0 Å². The van der Waals surface area contributed by atoms with Crippen LogP contribution in [0, 0.1) is 13.8 Å². The number of nitrogens with zero attached hydrogens (tertiary/aromatic N) is 3. The summed E-state index contributed by atoms with van der Waals surface area (Å²) in [5, 5.41) is 9.66. The summed E-state index contributed by atoms with van der Waals surface area (Å²) in [5.41, 5.74) is -0.431. The lowest BCUT2D eigenvalue weighted by molar-refractivity contribution is 0.481. The minimum Gasteiger partial charge on any atom is -0.293 e. The molecule has 0 saturated heterocycles. The maximum Gasteiger partial charge on any atom is 0.299 e. The largest absolute Gasteiger partial charge is 0.299 e. The number of azo groups is 1. The number of aryl methyl sites for hydroxylation is 2. The first-order valence-corrected chi connectivity index (χ1v) is 12.1. The number of hydrogen-bond acceptors (Lipinski definition) is 7. The molecule has 0 bridgehead atoms. The second-order valence-corrected chi connectivity index (χ2v) is 10.2. The first-order chi connectivity index (χ1) is 14.7. The Hall–Kier alpha value is -2.55. The van der Waals surface area contributed by atoms with Crippen LogP contribution in [0.4, 0.5) is 11.4 Å². The molecular weight excluding hydrogens is 507 g/mol. The van der Waals surface area contributed by atoms with Crippen LogP contribution in [0.5, 0.6) is 0 Å². The van der Waals surface area contributed by atoms with Crippen molar-refractivity contribution < 1.29 is 25.9 Å². The van der Waals surface area contributed by atoms with Crippen molar-refractivity contribution in [3.8, 4) is 5.69 Å². The summed E-state index contributed by atoms with van der Waals surface area (Å²) < 4.78 is 65.5. The Morgan fingerprint density at radius 2 is 1.53 bits per heavy atom. The number of aromatic nitrogens is 2. The molecule has 0 radical (unpaired) electrons. The SMILES string of the molecule is Cc1ccc(N=Nc2c(C)[nH]n(-c3cc(Cl)c(S(=O)(=O)O)cc3Cl)c2=O)c(S(=O)(=O)O)c1. The molecule has 170 valence electrons. The van der Waals surface area contributed by atoms with E-state index in [1.165, 1.54) is 19.1 Å². The smallest absolute Gasteiger partial charge is 0.293 e. The molecular formula is C17H14Cl2N4O7S2. The lowest BCUT2D eigenvalue weighted by atomic mass is 10.2. The van der Waals surface area contributed by atoms with Crippen molar-refractivity contribution in [1.82, 2.24) is 9.78 Å². The van der Waals surface area contributed by atoms with Crippen molar-refractivity contribution in [2.24, 2.45) is 10.2 Å². The van der Waals surface area contributed by atoms with Crippen molar-refractivity contribution in [3.05, 3.63) is 62.0 Å². The van der Waals surface area contributed by atoms with E-state index in [9.17, 15) is 30.7 Å².